The van der Waals surface area contributed by atoms with Crippen LogP contribution in [0, 0.1) is 11.2 Å². The van der Waals surface area contributed by atoms with Gasteiger partial charge < -0.3 is 14.9 Å². The molecule has 94 valence electrons. The number of phenols is 1. The number of carbonyl (C=O) groups is 1. The third-order valence-electron chi connectivity index (χ3n) is 2.55. The summed E-state index contributed by atoms with van der Waals surface area (Å²) in [7, 11) is 1.31. The number of carboxylic acid groups (broad SMARTS) is 1. The second-order valence-corrected chi connectivity index (χ2v) is 4.48. The molecule has 0 spiro atoms. The maximum atomic E-state index is 13.2. The summed E-state index contributed by atoms with van der Waals surface area (Å²) in [6.45, 7) is 3.01. The lowest BCUT2D eigenvalue weighted by Gasteiger charge is -2.20. The zero-order valence-corrected chi connectivity index (χ0v) is 9.95. The van der Waals surface area contributed by atoms with E-state index >= 15 is 0 Å². The summed E-state index contributed by atoms with van der Waals surface area (Å²) >= 11 is 0. The number of hydrogen-bond donors (Lipinski definition) is 2. The molecule has 0 heterocycles. The summed E-state index contributed by atoms with van der Waals surface area (Å²) in [6.07, 6.45) is 0.0162. The average Bonchev–Trinajstić information content (AvgIpc) is 2.22. The van der Waals surface area contributed by atoms with Crippen molar-refractivity contribution in [3.05, 3.63) is 23.5 Å². The molecule has 0 fully saturated rings. The Morgan fingerprint density at radius 2 is 2.06 bits per heavy atom. The van der Waals surface area contributed by atoms with Gasteiger partial charge in [-0.05, 0) is 26.3 Å². The maximum Gasteiger partial charge on any atom is 0.309 e. The highest BCUT2D eigenvalue weighted by Crippen LogP contribution is 2.35. The monoisotopic (exact) mass is 242 g/mol. The molecule has 0 saturated carbocycles. The molecule has 0 amide bonds. The standard InChI is InChI=1S/C12H15FO4/c1-12(2,11(15)16)6-7-4-8(13)5-9(17-3)10(7)14/h4-5,14H,6H2,1-3H3,(H,15,16). The highest BCUT2D eigenvalue weighted by atomic mass is 19.1. The van der Waals surface area contributed by atoms with Crippen molar-refractivity contribution < 1.29 is 24.1 Å². The summed E-state index contributed by atoms with van der Waals surface area (Å²) in [5, 5.41) is 18.8. The van der Waals surface area contributed by atoms with Crippen molar-refractivity contribution >= 4 is 5.97 Å². The first-order valence-electron chi connectivity index (χ1n) is 5.06. The van der Waals surface area contributed by atoms with Crippen LogP contribution >= 0.6 is 0 Å². The minimum atomic E-state index is -1.09. The number of halogens is 1. The summed E-state index contributed by atoms with van der Waals surface area (Å²) in [5.41, 5.74) is -0.870. The van der Waals surface area contributed by atoms with Gasteiger partial charge in [0.2, 0.25) is 0 Å². The van der Waals surface area contributed by atoms with Crippen LogP contribution in [0.4, 0.5) is 4.39 Å². The molecule has 0 aliphatic carbocycles. The number of benzene rings is 1. The van der Waals surface area contributed by atoms with Crippen molar-refractivity contribution in [1.29, 1.82) is 0 Å². The van der Waals surface area contributed by atoms with Gasteiger partial charge in [0.1, 0.15) is 5.82 Å². The Balaban J connectivity index is 3.15. The highest BCUT2D eigenvalue weighted by Gasteiger charge is 2.29. The van der Waals surface area contributed by atoms with Gasteiger partial charge in [-0.3, -0.25) is 4.79 Å². The van der Waals surface area contributed by atoms with Crippen LogP contribution in [-0.2, 0) is 11.2 Å². The Kier molecular flexibility index (Phi) is 3.60. The van der Waals surface area contributed by atoms with E-state index in [9.17, 15) is 14.3 Å². The van der Waals surface area contributed by atoms with Crippen LogP contribution < -0.4 is 4.74 Å². The largest absolute Gasteiger partial charge is 0.504 e. The Labute approximate surface area is 98.7 Å². The number of carboxylic acids is 1. The molecule has 2 N–H and O–H groups in total. The number of aliphatic carboxylic acids is 1. The van der Waals surface area contributed by atoms with Crippen LogP contribution in [0.15, 0.2) is 12.1 Å². The molecule has 0 unspecified atom stereocenters. The van der Waals surface area contributed by atoms with Crippen molar-refractivity contribution in [2.24, 2.45) is 5.41 Å². The fourth-order valence-corrected chi connectivity index (χ4v) is 1.47. The minimum absolute atomic E-state index is 0.00110. The molecular formula is C12H15FO4. The van der Waals surface area contributed by atoms with Crippen LogP contribution in [-0.4, -0.2) is 23.3 Å². The van der Waals surface area contributed by atoms with Crippen LogP contribution in [0.3, 0.4) is 0 Å². The van der Waals surface area contributed by atoms with Crippen molar-refractivity contribution in [1.82, 2.24) is 0 Å². The second-order valence-electron chi connectivity index (χ2n) is 4.48. The predicted molar refractivity (Wildman–Crippen MR) is 59.7 cm³/mol. The molecule has 0 saturated heterocycles. The molecule has 0 aromatic heterocycles. The van der Waals surface area contributed by atoms with Gasteiger partial charge in [0.05, 0.1) is 12.5 Å². The molecule has 0 radical (unpaired) electrons. The zero-order chi connectivity index (χ0) is 13.2. The summed E-state index contributed by atoms with van der Waals surface area (Å²) < 4.78 is 18.0. The minimum Gasteiger partial charge on any atom is -0.504 e. The lowest BCUT2D eigenvalue weighted by molar-refractivity contribution is -0.146. The van der Waals surface area contributed by atoms with E-state index in [2.05, 4.69) is 0 Å². The maximum absolute atomic E-state index is 13.2. The number of aromatic hydroxyl groups is 1. The molecule has 0 aliphatic rings. The van der Waals surface area contributed by atoms with Gasteiger partial charge in [-0.1, -0.05) is 0 Å². The van der Waals surface area contributed by atoms with Crippen LogP contribution in [0.1, 0.15) is 19.4 Å². The van der Waals surface area contributed by atoms with Gasteiger partial charge in [-0.25, -0.2) is 4.39 Å². The van der Waals surface area contributed by atoms with E-state index < -0.39 is 17.2 Å². The summed E-state index contributed by atoms with van der Waals surface area (Å²) in [4.78, 5) is 11.0. The van der Waals surface area contributed by atoms with E-state index in [-0.39, 0.29) is 23.5 Å². The van der Waals surface area contributed by atoms with E-state index in [0.717, 1.165) is 12.1 Å². The Hall–Kier alpha value is -1.78. The first-order chi connectivity index (χ1) is 7.77. The number of ether oxygens (including phenoxy) is 1. The van der Waals surface area contributed by atoms with Gasteiger partial charge in [0.15, 0.2) is 11.5 Å². The Morgan fingerprint density at radius 1 is 1.47 bits per heavy atom. The van der Waals surface area contributed by atoms with E-state index in [0.29, 0.717) is 0 Å². The summed E-state index contributed by atoms with van der Waals surface area (Å²) in [6, 6.07) is 2.16. The highest BCUT2D eigenvalue weighted by molar-refractivity contribution is 5.74. The van der Waals surface area contributed by atoms with E-state index in [1.54, 1.807) is 0 Å². The SMILES string of the molecule is COc1cc(F)cc(CC(C)(C)C(=O)O)c1O. The molecule has 1 aromatic rings. The van der Waals surface area contributed by atoms with Gasteiger partial charge in [-0.2, -0.15) is 0 Å². The normalized spacial score (nSPS) is 11.3. The van der Waals surface area contributed by atoms with Gasteiger partial charge in [0.25, 0.3) is 0 Å². The van der Waals surface area contributed by atoms with Crippen molar-refractivity contribution in [2.75, 3.05) is 7.11 Å². The lowest BCUT2D eigenvalue weighted by Crippen LogP contribution is -2.26. The number of methoxy groups -OCH3 is 1. The first kappa shape index (κ1) is 13.3. The number of rotatable bonds is 4. The number of hydrogen-bond acceptors (Lipinski definition) is 3. The van der Waals surface area contributed by atoms with Gasteiger partial charge >= 0.3 is 5.97 Å². The lowest BCUT2D eigenvalue weighted by atomic mass is 9.85. The molecule has 5 heteroatoms. The van der Waals surface area contributed by atoms with E-state index in [4.69, 9.17) is 9.84 Å². The molecule has 4 nitrogen and oxygen atoms in total. The van der Waals surface area contributed by atoms with Gasteiger partial charge in [0, 0.05) is 11.6 Å². The molecule has 0 atom stereocenters. The average molecular weight is 242 g/mol. The third-order valence-corrected chi connectivity index (χ3v) is 2.55. The van der Waals surface area contributed by atoms with Crippen molar-refractivity contribution in [3.8, 4) is 11.5 Å². The fraction of sp³-hybridized carbons (Fsp3) is 0.417. The smallest absolute Gasteiger partial charge is 0.309 e. The molecule has 0 aliphatic heterocycles. The van der Waals surface area contributed by atoms with Crippen LogP contribution in [0.25, 0.3) is 0 Å². The summed E-state index contributed by atoms with van der Waals surface area (Å²) in [5.74, 6) is -1.81. The molecule has 0 bridgehead atoms. The Bertz CT molecular complexity index is 440. The van der Waals surface area contributed by atoms with Crippen molar-refractivity contribution in [3.63, 3.8) is 0 Å². The van der Waals surface area contributed by atoms with E-state index in [1.165, 1.54) is 21.0 Å². The molecular weight excluding hydrogens is 227 g/mol. The zero-order valence-electron chi connectivity index (χ0n) is 9.95. The third kappa shape index (κ3) is 2.87. The molecule has 17 heavy (non-hydrogen) atoms. The number of phenolic OH excluding ortho intramolecular Hbond substituents is 1. The van der Waals surface area contributed by atoms with Crippen LogP contribution in [0.2, 0.25) is 0 Å². The topological polar surface area (TPSA) is 66.8 Å². The molecule has 1 aromatic carbocycles. The van der Waals surface area contributed by atoms with E-state index in [1.807, 2.05) is 0 Å². The predicted octanol–water partition coefficient (Wildman–Crippen LogP) is 2.19. The van der Waals surface area contributed by atoms with Gasteiger partial charge in [-0.15, -0.1) is 0 Å². The fourth-order valence-electron chi connectivity index (χ4n) is 1.47. The van der Waals surface area contributed by atoms with Crippen molar-refractivity contribution in [2.45, 2.75) is 20.3 Å². The second kappa shape index (κ2) is 4.61. The quantitative estimate of drug-likeness (QED) is 0.849. The van der Waals surface area contributed by atoms with Crippen LogP contribution in [0.5, 0.6) is 11.5 Å². The first-order valence-corrected chi connectivity index (χ1v) is 5.06. The Morgan fingerprint density at radius 3 is 2.53 bits per heavy atom. The molecule has 1 rings (SSSR count).